The van der Waals surface area contributed by atoms with Crippen LogP contribution in [0.3, 0.4) is 0 Å². The van der Waals surface area contributed by atoms with Gasteiger partial charge in [0.25, 0.3) is 0 Å². The van der Waals surface area contributed by atoms with Crippen LogP contribution in [-0.4, -0.2) is 19.2 Å². The van der Waals surface area contributed by atoms with Gasteiger partial charge in [0.1, 0.15) is 6.61 Å². The van der Waals surface area contributed by atoms with E-state index in [0.29, 0.717) is 6.42 Å². The Balaban J connectivity index is 1.30. The van der Waals surface area contributed by atoms with Crippen molar-refractivity contribution >= 4 is 11.8 Å². The quantitative estimate of drug-likeness (QED) is 0.363. The minimum absolute atomic E-state index is 0.00529. The maximum Gasteiger partial charge on any atom is 0.407 e. The smallest absolute Gasteiger partial charge is 0.407 e. The number of amides is 1. The number of ether oxygens (including phenoxy) is 1. The molecule has 6 heteroatoms. The first-order valence-corrected chi connectivity index (χ1v) is 9.87. The molecule has 1 amide bonds. The predicted octanol–water partition coefficient (Wildman–Crippen LogP) is 4.83. The van der Waals surface area contributed by atoms with Crippen LogP contribution in [-0.2, 0) is 4.74 Å². The Morgan fingerprint density at radius 3 is 2.29 bits per heavy atom. The lowest BCUT2D eigenvalue weighted by Gasteiger charge is -2.14. The Morgan fingerprint density at radius 1 is 1.00 bits per heavy atom. The van der Waals surface area contributed by atoms with Crippen molar-refractivity contribution in [3.05, 3.63) is 89.0 Å². The average Bonchev–Trinajstić information content (AvgIpc) is 3.09. The maximum absolute atomic E-state index is 13.3. The Morgan fingerprint density at radius 2 is 1.61 bits per heavy atom. The van der Waals surface area contributed by atoms with Gasteiger partial charge in [-0.3, -0.25) is 0 Å². The molecular formula is C25H20F2N2O2. The molecule has 0 saturated heterocycles. The van der Waals surface area contributed by atoms with Crippen LogP contribution in [0.5, 0.6) is 0 Å². The van der Waals surface area contributed by atoms with Crippen molar-refractivity contribution in [1.82, 2.24) is 5.32 Å². The SMILES string of the molecule is Nc1cc(F)c(F)cc1C#CCCNC(=O)OCC1c2ccccc2-c2ccccc21. The number of rotatable bonds is 4. The fraction of sp³-hybridized carbons (Fsp3) is 0.160. The van der Waals surface area contributed by atoms with Gasteiger partial charge in [-0.1, -0.05) is 60.4 Å². The first-order chi connectivity index (χ1) is 15.0. The van der Waals surface area contributed by atoms with Crippen molar-refractivity contribution in [2.45, 2.75) is 12.3 Å². The van der Waals surface area contributed by atoms with E-state index in [2.05, 4.69) is 41.4 Å². The minimum Gasteiger partial charge on any atom is -0.449 e. The predicted molar refractivity (Wildman–Crippen MR) is 115 cm³/mol. The number of nitrogens with one attached hydrogen (secondary N) is 1. The second-order valence-electron chi connectivity index (χ2n) is 7.16. The molecule has 0 radical (unpaired) electrons. The van der Waals surface area contributed by atoms with E-state index < -0.39 is 17.7 Å². The number of hydrogen-bond donors (Lipinski definition) is 2. The van der Waals surface area contributed by atoms with E-state index in [1.807, 2.05) is 24.3 Å². The highest BCUT2D eigenvalue weighted by Crippen LogP contribution is 2.44. The standard InChI is InChI=1S/C25H20F2N2O2/c26-22-13-16(24(28)14-23(22)27)7-5-6-12-29-25(30)31-15-21-19-10-3-1-8-17(19)18-9-2-4-11-20(18)21/h1-4,8-11,13-14,21H,6,12,15,28H2,(H,29,30). The molecule has 3 aromatic carbocycles. The summed E-state index contributed by atoms with van der Waals surface area (Å²) in [6.45, 7) is 0.490. The van der Waals surface area contributed by atoms with E-state index in [4.69, 9.17) is 10.5 Å². The zero-order chi connectivity index (χ0) is 21.8. The van der Waals surface area contributed by atoms with Gasteiger partial charge in [0.05, 0.1) is 11.3 Å². The molecule has 4 nitrogen and oxygen atoms in total. The van der Waals surface area contributed by atoms with Crippen molar-refractivity contribution in [3.63, 3.8) is 0 Å². The largest absolute Gasteiger partial charge is 0.449 e. The number of benzene rings is 3. The number of hydrogen-bond acceptors (Lipinski definition) is 3. The zero-order valence-electron chi connectivity index (χ0n) is 16.6. The summed E-state index contributed by atoms with van der Waals surface area (Å²) in [6.07, 6.45) is -0.223. The molecule has 0 unspecified atom stereocenters. The van der Waals surface area contributed by atoms with Gasteiger partial charge in [0.2, 0.25) is 0 Å². The highest BCUT2D eigenvalue weighted by atomic mass is 19.2. The lowest BCUT2D eigenvalue weighted by molar-refractivity contribution is 0.143. The first kappa shape index (κ1) is 20.4. The monoisotopic (exact) mass is 418 g/mol. The van der Waals surface area contributed by atoms with Crippen molar-refractivity contribution in [2.24, 2.45) is 0 Å². The Bertz CT molecular complexity index is 1150. The normalized spacial score (nSPS) is 11.8. The van der Waals surface area contributed by atoms with Gasteiger partial charge < -0.3 is 15.8 Å². The molecule has 0 spiro atoms. The van der Waals surface area contributed by atoms with Gasteiger partial charge in [-0.2, -0.15) is 0 Å². The highest BCUT2D eigenvalue weighted by molar-refractivity contribution is 5.79. The molecule has 0 aromatic heterocycles. The summed E-state index contributed by atoms with van der Waals surface area (Å²) in [4.78, 5) is 12.1. The van der Waals surface area contributed by atoms with Gasteiger partial charge >= 0.3 is 6.09 Å². The molecule has 0 saturated carbocycles. The molecular weight excluding hydrogens is 398 g/mol. The van der Waals surface area contributed by atoms with Crippen LogP contribution < -0.4 is 11.1 Å². The Hall–Kier alpha value is -3.85. The molecule has 1 aliphatic rings. The van der Waals surface area contributed by atoms with Gasteiger partial charge in [-0.05, 0) is 28.3 Å². The second kappa shape index (κ2) is 8.88. The van der Waals surface area contributed by atoms with Gasteiger partial charge in [-0.15, -0.1) is 0 Å². The third kappa shape index (κ3) is 4.36. The van der Waals surface area contributed by atoms with Gasteiger partial charge in [0, 0.05) is 24.9 Å². The molecule has 0 bridgehead atoms. The maximum atomic E-state index is 13.3. The molecule has 0 atom stereocenters. The molecule has 1 aliphatic carbocycles. The fourth-order valence-corrected chi connectivity index (χ4v) is 3.70. The third-order valence-electron chi connectivity index (χ3n) is 5.18. The number of fused-ring (bicyclic) bond motifs is 3. The number of alkyl carbamates (subject to hydrolysis) is 1. The Labute approximate surface area is 179 Å². The van der Waals surface area contributed by atoms with Gasteiger partial charge in [0.15, 0.2) is 11.6 Å². The van der Waals surface area contributed by atoms with Gasteiger partial charge in [-0.25, -0.2) is 13.6 Å². The number of carbonyl (C=O) groups excluding carboxylic acids is 1. The molecule has 0 heterocycles. The lowest BCUT2D eigenvalue weighted by atomic mass is 9.98. The van der Waals surface area contributed by atoms with E-state index in [1.54, 1.807) is 0 Å². The summed E-state index contributed by atoms with van der Waals surface area (Å²) in [6, 6.07) is 18.1. The van der Waals surface area contributed by atoms with Crippen molar-refractivity contribution in [2.75, 3.05) is 18.9 Å². The number of nitrogens with two attached hydrogens (primary N) is 1. The summed E-state index contributed by atoms with van der Waals surface area (Å²) in [7, 11) is 0. The van der Waals surface area contributed by atoms with E-state index in [9.17, 15) is 13.6 Å². The molecule has 4 rings (SSSR count). The second-order valence-corrected chi connectivity index (χ2v) is 7.16. The summed E-state index contributed by atoms with van der Waals surface area (Å²) in [5.74, 6) is 3.43. The lowest BCUT2D eigenvalue weighted by Crippen LogP contribution is -2.26. The molecule has 3 N–H and O–H groups in total. The van der Waals surface area contributed by atoms with Crippen LogP contribution in [0.25, 0.3) is 11.1 Å². The number of carbonyl (C=O) groups is 1. The fourth-order valence-electron chi connectivity index (χ4n) is 3.70. The molecule has 156 valence electrons. The minimum atomic E-state index is -1.01. The van der Waals surface area contributed by atoms with E-state index in [1.165, 1.54) is 11.1 Å². The summed E-state index contributed by atoms with van der Waals surface area (Å²) >= 11 is 0. The molecule has 3 aromatic rings. The zero-order valence-corrected chi connectivity index (χ0v) is 16.6. The molecule has 0 aliphatic heterocycles. The first-order valence-electron chi connectivity index (χ1n) is 9.87. The summed E-state index contributed by atoms with van der Waals surface area (Å²) < 4.78 is 31.8. The topological polar surface area (TPSA) is 64.3 Å². The van der Waals surface area contributed by atoms with Crippen LogP contribution in [0.2, 0.25) is 0 Å². The average molecular weight is 418 g/mol. The van der Waals surface area contributed by atoms with Crippen molar-refractivity contribution in [3.8, 4) is 23.0 Å². The summed E-state index contributed by atoms with van der Waals surface area (Å²) in [5.41, 5.74) is 10.5. The van der Waals surface area contributed by atoms with E-state index in [0.717, 1.165) is 23.3 Å². The van der Waals surface area contributed by atoms with Crippen molar-refractivity contribution < 1.29 is 18.3 Å². The number of nitrogen functional groups attached to an aromatic ring is 1. The van der Waals surface area contributed by atoms with E-state index >= 15 is 0 Å². The highest BCUT2D eigenvalue weighted by Gasteiger charge is 2.28. The number of halogens is 2. The van der Waals surface area contributed by atoms with Crippen LogP contribution >= 0.6 is 0 Å². The number of anilines is 1. The van der Waals surface area contributed by atoms with Crippen LogP contribution in [0.4, 0.5) is 19.3 Å². The van der Waals surface area contributed by atoms with Crippen LogP contribution in [0.1, 0.15) is 29.0 Å². The van der Waals surface area contributed by atoms with Crippen LogP contribution in [0.15, 0.2) is 60.7 Å². The van der Waals surface area contributed by atoms with E-state index in [-0.39, 0.29) is 30.3 Å². The molecule has 0 fully saturated rings. The third-order valence-corrected chi connectivity index (χ3v) is 5.18. The van der Waals surface area contributed by atoms with Crippen molar-refractivity contribution in [1.29, 1.82) is 0 Å². The summed E-state index contributed by atoms with van der Waals surface area (Å²) in [5, 5.41) is 2.65. The molecule has 31 heavy (non-hydrogen) atoms. The van der Waals surface area contributed by atoms with Crippen LogP contribution in [0, 0.1) is 23.5 Å². The Kier molecular flexibility index (Phi) is 5.85.